The number of nitrogens with one attached hydrogen (secondary N) is 1. The summed E-state index contributed by atoms with van der Waals surface area (Å²) in [6, 6.07) is 6.05. The van der Waals surface area contributed by atoms with E-state index in [2.05, 4.69) is 11.6 Å². The second-order valence-electron chi connectivity index (χ2n) is 5.46. The standard InChI is InChI=1S/C16H25NO3S/c1-4-5-6-7-9-13(2)17-21(19,20)16-11-8-10-15(12-16)14(3)18/h8,10-13,17H,4-7,9H2,1-3H3. The van der Waals surface area contributed by atoms with Crippen molar-refractivity contribution >= 4 is 15.8 Å². The fourth-order valence-electron chi connectivity index (χ4n) is 2.15. The number of hydrogen-bond donors (Lipinski definition) is 1. The van der Waals surface area contributed by atoms with Crippen LogP contribution in [-0.4, -0.2) is 20.2 Å². The van der Waals surface area contributed by atoms with E-state index >= 15 is 0 Å². The first-order chi connectivity index (χ1) is 9.86. The van der Waals surface area contributed by atoms with E-state index in [-0.39, 0.29) is 16.7 Å². The van der Waals surface area contributed by atoms with Gasteiger partial charge in [0.05, 0.1) is 4.90 Å². The molecule has 0 radical (unpaired) electrons. The maximum Gasteiger partial charge on any atom is 0.240 e. The van der Waals surface area contributed by atoms with E-state index < -0.39 is 10.0 Å². The summed E-state index contributed by atoms with van der Waals surface area (Å²) in [6.07, 6.45) is 5.32. The van der Waals surface area contributed by atoms with Crippen LogP contribution in [0.4, 0.5) is 0 Å². The van der Waals surface area contributed by atoms with Crippen LogP contribution < -0.4 is 4.72 Å². The Hall–Kier alpha value is -1.20. The summed E-state index contributed by atoms with van der Waals surface area (Å²) in [5.74, 6) is -0.139. The fourth-order valence-corrected chi connectivity index (χ4v) is 3.47. The molecule has 0 aliphatic carbocycles. The monoisotopic (exact) mass is 311 g/mol. The van der Waals surface area contributed by atoms with Gasteiger partial charge in [0.1, 0.15) is 0 Å². The van der Waals surface area contributed by atoms with E-state index in [0.717, 1.165) is 25.7 Å². The minimum Gasteiger partial charge on any atom is -0.295 e. The van der Waals surface area contributed by atoms with Crippen molar-refractivity contribution in [2.75, 3.05) is 0 Å². The zero-order chi connectivity index (χ0) is 15.9. The number of Topliss-reactive ketones (excluding diaryl/α,β-unsaturated/α-hetero) is 1. The van der Waals surface area contributed by atoms with E-state index in [1.165, 1.54) is 25.5 Å². The van der Waals surface area contributed by atoms with Gasteiger partial charge in [-0.05, 0) is 32.4 Å². The van der Waals surface area contributed by atoms with E-state index in [0.29, 0.717) is 5.56 Å². The third-order valence-corrected chi connectivity index (χ3v) is 4.99. The van der Waals surface area contributed by atoms with Gasteiger partial charge >= 0.3 is 0 Å². The number of hydrogen-bond acceptors (Lipinski definition) is 3. The molecule has 21 heavy (non-hydrogen) atoms. The smallest absolute Gasteiger partial charge is 0.240 e. The Morgan fingerprint density at radius 3 is 2.57 bits per heavy atom. The second kappa shape index (κ2) is 8.29. The molecule has 4 nitrogen and oxygen atoms in total. The lowest BCUT2D eigenvalue weighted by molar-refractivity contribution is 0.101. The Labute approximate surface area is 128 Å². The Morgan fingerprint density at radius 1 is 1.24 bits per heavy atom. The molecule has 0 saturated heterocycles. The van der Waals surface area contributed by atoms with Crippen molar-refractivity contribution in [1.29, 1.82) is 0 Å². The van der Waals surface area contributed by atoms with Crippen molar-refractivity contribution in [3.8, 4) is 0 Å². The quantitative estimate of drug-likeness (QED) is 0.560. The number of unbranched alkanes of at least 4 members (excludes halogenated alkanes) is 3. The molecule has 0 heterocycles. The van der Waals surface area contributed by atoms with Crippen LogP contribution in [0.25, 0.3) is 0 Å². The van der Waals surface area contributed by atoms with Crippen molar-refractivity contribution in [2.24, 2.45) is 0 Å². The van der Waals surface area contributed by atoms with Gasteiger partial charge in [-0.2, -0.15) is 0 Å². The summed E-state index contributed by atoms with van der Waals surface area (Å²) >= 11 is 0. The Kier molecular flexibility index (Phi) is 7.05. The minimum atomic E-state index is -3.56. The number of carbonyl (C=O) groups excluding carboxylic acids is 1. The van der Waals surface area contributed by atoms with Crippen LogP contribution in [0.2, 0.25) is 0 Å². The normalized spacial score (nSPS) is 13.1. The van der Waals surface area contributed by atoms with Gasteiger partial charge < -0.3 is 0 Å². The molecule has 0 saturated carbocycles. The Balaban J connectivity index is 2.68. The SMILES string of the molecule is CCCCCCC(C)NS(=O)(=O)c1cccc(C(C)=O)c1. The van der Waals surface area contributed by atoms with Crippen molar-refractivity contribution in [2.45, 2.75) is 63.8 Å². The molecule has 5 heteroatoms. The lowest BCUT2D eigenvalue weighted by Gasteiger charge is -2.14. The lowest BCUT2D eigenvalue weighted by atomic mass is 10.1. The molecule has 0 fully saturated rings. The van der Waals surface area contributed by atoms with E-state index in [4.69, 9.17) is 0 Å². The van der Waals surface area contributed by atoms with Gasteiger partial charge in [-0.15, -0.1) is 0 Å². The molecule has 0 aliphatic heterocycles. The first-order valence-corrected chi connectivity index (χ1v) is 8.98. The maximum atomic E-state index is 12.3. The number of benzene rings is 1. The van der Waals surface area contributed by atoms with Crippen LogP contribution in [0.15, 0.2) is 29.2 Å². The summed E-state index contributed by atoms with van der Waals surface area (Å²) in [4.78, 5) is 11.5. The molecule has 1 aromatic rings. The average molecular weight is 311 g/mol. The average Bonchev–Trinajstić information content (AvgIpc) is 2.43. The molecule has 1 aromatic carbocycles. The molecule has 0 aliphatic rings. The number of rotatable bonds is 9. The summed E-state index contributed by atoms with van der Waals surface area (Å²) < 4.78 is 27.2. The molecule has 1 unspecified atom stereocenters. The maximum absolute atomic E-state index is 12.3. The van der Waals surface area contributed by atoms with E-state index in [1.807, 2.05) is 6.92 Å². The van der Waals surface area contributed by atoms with E-state index in [9.17, 15) is 13.2 Å². The third kappa shape index (κ3) is 5.98. The molecule has 0 bridgehead atoms. The molecular weight excluding hydrogens is 286 g/mol. The molecule has 1 atom stereocenters. The minimum absolute atomic E-state index is 0.104. The summed E-state index contributed by atoms with van der Waals surface area (Å²) in [6.45, 7) is 5.45. The number of carbonyl (C=O) groups is 1. The van der Waals surface area contributed by atoms with Crippen LogP contribution in [0.3, 0.4) is 0 Å². The van der Waals surface area contributed by atoms with Crippen molar-refractivity contribution in [3.63, 3.8) is 0 Å². The van der Waals surface area contributed by atoms with Crippen LogP contribution in [-0.2, 0) is 10.0 Å². The van der Waals surface area contributed by atoms with Gasteiger partial charge in [-0.25, -0.2) is 13.1 Å². The molecular formula is C16H25NO3S. The van der Waals surface area contributed by atoms with Crippen LogP contribution >= 0.6 is 0 Å². The predicted octanol–water partition coefficient (Wildman–Crippen LogP) is 3.53. The van der Waals surface area contributed by atoms with Gasteiger partial charge in [0.2, 0.25) is 10.0 Å². The molecule has 1 N–H and O–H groups in total. The molecule has 118 valence electrons. The second-order valence-corrected chi connectivity index (χ2v) is 7.17. The largest absolute Gasteiger partial charge is 0.295 e. The van der Waals surface area contributed by atoms with Crippen molar-refractivity contribution in [3.05, 3.63) is 29.8 Å². The van der Waals surface area contributed by atoms with Crippen LogP contribution in [0.1, 0.15) is 63.2 Å². The Bertz CT molecular complexity index is 567. The van der Waals surface area contributed by atoms with Gasteiger partial charge in [-0.1, -0.05) is 44.7 Å². The predicted molar refractivity (Wildman–Crippen MR) is 85.0 cm³/mol. The van der Waals surface area contributed by atoms with Gasteiger partial charge in [0.25, 0.3) is 0 Å². The summed E-state index contributed by atoms with van der Waals surface area (Å²) in [5, 5.41) is 0. The van der Waals surface area contributed by atoms with Crippen molar-refractivity contribution < 1.29 is 13.2 Å². The zero-order valence-corrected chi connectivity index (χ0v) is 13.9. The van der Waals surface area contributed by atoms with Gasteiger partial charge in [0, 0.05) is 11.6 Å². The Morgan fingerprint density at radius 2 is 1.95 bits per heavy atom. The first-order valence-electron chi connectivity index (χ1n) is 7.50. The molecule has 0 aromatic heterocycles. The van der Waals surface area contributed by atoms with Crippen LogP contribution in [0, 0.1) is 0 Å². The van der Waals surface area contributed by atoms with Gasteiger partial charge in [0.15, 0.2) is 5.78 Å². The highest BCUT2D eigenvalue weighted by Gasteiger charge is 2.18. The summed E-state index contributed by atoms with van der Waals surface area (Å²) in [7, 11) is -3.56. The highest BCUT2D eigenvalue weighted by atomic mass is 32.2. The van der Waals surface area contributed by atoms with Gasteiger partial charge in [-0.3, -0.25) is 4.79 Å². The fraction of sp³-hybridized carbons (Fsp3) is 0.562. The van der Waals surface area contributed by atoms with Crippen LogP contribution in [0.5, 0.6) is 0 Å². The topological polar surface area (TPSA) is 63.2 Å². The molecule has 0 amide bonds. The number of sulfonamides is 1. The highest BCUT2D eigenvalue weighted by Crippen LogP contribution is 2.14. The van der Waals surface area contributed by atoms with Crippen molar-refractivity contribution in [1.82, 2.24) is 4.72 Å². The highest BCUT2D eigenvalue weighted by molar-refractivity contribution is 7.89. The van der Waals surface area contributed by atoms with E-state index in [1.54, 1.807) is 12.1 Å². The molecule has 0 spiro atoms. The number of ketones is 1. The molecule has 1 rings (SSSR count). The third-order valence-electron chi connectivity index (χ3n) is 3.40. The lowest BCUT2D eigenvalue weighted by Crippen LogP contribution is -2.32. The summed E-state index contributed by atoms with van der Waals surface area (Å²) in [5.41, 5.74) is 0.411. The zero-order valence-electron chi connectivity index (χ0n) is 13.1. The first kappa shape index (κ1) is 17.9.